The van der Waals surface area contributed by atoms with Gasteiger partial charge in [-0.2, -0.15) is 10.2 Å². The number of nitrogens with zero attached hydrogens (tertiary/aromatic N) is 3. The normalized spacial score (nSPS) is 9.95. The lowest BCUT2D eigenvalue weighted by Crippen LogP contribution is -2.01. The lowest BCUT2D eigenvalue weighted by Gasteiger charge is -2.07. The van der Waals surface area contributed by atoms with Gasteiger partial charge in [0.1, 0.15) is 11.9 Å². The molecule has 1 aromatic heterocycles. The fourth-order valence-corrected chi connectivity index (χ4v) is 1.59. The lowest BCUT2D eigenvalue weighted by molar-refractivity contribution is 0.352. The van der Waals surface area contributed by atoms with E-state index < -0.39 is 0 Å². The Balaban J connectivity index is 2.42. The van der Waals surface area contributed by atoms with Crippen LogP contribution < -0.4 is 4.74 Å². The standard InChI is InChI=1S/C14H12FN3O/c1-2-12-9-13(19-7-6-16)18-14(17-12)10-4-3-5-11(15)8-10/h3-5,8-9H,2,7H2,1H3. The first-order chi connectivity index (χ1) is 9.22. The summed E-state index contributed by atoms with van der Waals surface area (Å²) in [5, 5.41) is 8.51. The lowest BCUT2D eigenvalue weighted by atomic mass is 10.2. The van der Waals surface area contributed by atoms with Crippen LogP contribution in [0.2, 0.25) is 0 Å². The monoisotopic (exact) mass is 257 g/mol. The van der Waals surface area contributed by atoms with Crippen molar-refractivity contribution in [1.29, 1.82) is 5.26 Å². The Morgan fingerprint density at radius 2 is 2.16 bits per heavy atom. The molecule has 96 valence electrons. The third kappa shape index (κ3) is 3.26. The molecule has 1 heterocycles. The summed E-state index contributed by atoms with van der Waals surface area (Å²) in [4.78, 5) is 8.51. The third-order valence-electron chi connectivity index (χ3n) is 2.49. The molecule has 0 N–H and O–H groups in total. The summed E-state index contributed by atoms with van der Waals surface area (Å²) < 4.78 is 18.4. The summed E-state index contributed by atoms with van der Waals surface area (Å²) in [6.45, 7) is 1.87. The van der Waals surface area contributed by atoms with E-state index >= 15 is 0 Å². The van der Waals surface area contributed by atoms with Gasteiger partial charge in [-0.3, -0.25) is 0 Å². The fourth-order valence-electron chi connectivity index (χ4n) is 1.59. The highest BCUT2D eigenvalue weighted by Gasteiger charge is 2.07. The second-order valence-electron chi connectivity index (χ2n) is 3.83. The second kappa shape index (κ2) is 5.91. The van der Waals surface area contributed by atoms with Gasteiger partial charge in [-0.1, -0.05) is 19.1 Å². The number of halogens is 1. The molecule has 2 rings (SSSR count). The maximum absolute atomic E-state index is 13.2. The maximum atomic E-state index is 13.2. The van der Waals surface area contributed by atoms with Gasteiger partial charge in [0.25, 0.3) is 0 Å². The summed E-state index contributed by atoms with van der Waals surface area (Å²) in [5.74, 6) is 0.377. The molecule has 1 aromatic carbocycles. The van der Waals surface area contributed by atoms with Crippen LogP contribution in [0.25, 0.3) is 11.4 Å². The molecule has 5 heteroatoms. The first-order valence-electron chi connectivity index (χ1n) is 5.86. The fraction of sp³-hybridized carbons (Fsp3) is 0.214. The zero-order valence-corrected chi connectivity index (χ0v) is 10.4. The number of hydrogen-bond acceptors (Lipinski definition) is 4. The van der Waals surface area contributed by atoms with E-state index in [4.69, 9.17) is 10.00 Å². The van der Waals surface area contributed by atoms with E-state index in [0.717, 1.165) is 5.69 Å². The predicted octanol–water partition coefficient (Wildman–Crippen LogP) is 2.75. The van der Waals surface area contributed by atoms with Crippen molar-refractivity contribution in [2.75, 3.05) is 6.61 Å². The summed E-state index contributed by atoms with van der Waals surface area (Å²) in [6, 6.07) is 9.61. The topological polar surface area (TPSA) is 58.8 Å². The zero-order valence-electron chi connectivity index (χ0n) is 10.4. The molecule has 0 bridgehead atoms. The molecule has 4 nitrogen and oxygen atoms in total. The van der Waals surface area contributed by atoms with Gasteiger partial charge in [0.15, 0.2) is 12.4 Å². The van der Waals surface area contributed by atoms with E-state index in [-0.39, 0.29) is 12.4 Å². The van der Waals surface area contributed by atoms with Crippen LogP contribution in [0.5, 0.6) is 5.88 Å². The minimum absolute atomic E-state index is 0.0806. The Kier molecular flexibility index (Phi) is 4.04. The van der Waals surface area contributed by atoms with Crippen molar-refractivity contribution in [2.24, 2.45) is 0 Å². The smallest absolute Gasteiger partial charge is 0.218 e. The Labute approximate surface area is 110 Å². The van der Waals surface area contributed by atoms with Crippen molar-refractivity contribution in [1.82, 2.24) is 9.97 Å². The van der Waals surface area contributed by atoms with Crippen molar-refractivity contribution < 1.29 is 9.13 Å². The Bertz CT molecular complexity index is 622. The van der Waals surface area contributed by atoms with Gasteiger partial charge in [-0.15, -0.1) is 0 Å². The first-order valence-corrected chi connectivity index (χ1v) is 5.86. The average Bonchev–Trinajstić information content (AvgIpc) is 2.44. The molecular weight excluding hydrogens is 245 g/mol. The highest BCUT2D eigenvalue weighted by atomic mass is 19.1. The van der Waals surface area contributed by atoms with Crippen LogP contribution in [-0.4, -0.2) is 16.6 Å². The zero-order chi connectivity index (χ0) is 13.7. The van der Waals surface area contributed by atoms with Gasteiger partial charge < -0.3 is 4.74 Å². The minimum atomic E-state index is -0.345. The van der Waals surface area contributed by atoms with Crippen LogP contribution in [0.3, 0.4) is 0 Å². The summed E-state index contributed by atoms with van der Waals surface area (Å²) in [7, 11) is 0. The first kappa shape index (κ1) is 13.0. The van der Waals surface area contributed by atoms with Gasteiger partial charge in [0.05, 0.1) is 0 Å². The van der Waals surface area contributed by atoms with Crippen molar-refractivity contribution >= 4 is 0 Å². The van der Waals surface area contributed by atoms with Gasteiger partial charge in [-0.05, 0) is 18.6 Å². The number of ether oxygens (including phenoxy) is 1. The van der Waals surface area contributed by atoms with E-state index in [1.165, 1.54) is 12.1 Å². The van der Waals surface area contributed by atoms with Crippen LogP contribution in [0.15, 0.2) is 30.3 Å². The van der Waals surface area contributed by atoms with Gasteiger partial charge >= 0.3 is 0 Å². The maximum Gasteiger partial charge on any atom is 0.218 e. The molecular formula is C14H12FN3O. The molecule has 0 atom stereocenters. The van der Waals surface area contributed by atoms with Crippen molar-refractivity contribution in [2.45, 2.75) is 13.3 Å². The van der Waals surface area contributed by atoms with E-state index in [9.17, 15) is 4.39 Å². The van der Waals surface area contributed by atoms with Crippen molar-refractivity contribution in [3.8, 4) is 23.3 Å². The van der Waals surface area contributed by atoms with Crippen LogP contribution in [0.4, 0.5) is 4.39 Å². The van der Waals surface area contributed by atoms with Crippen LogP contribution in [0.1, 0.15) is 12.6 Å². The molecule has 0 fully saturated rings. The quantitative estimate of drug-likeness (QED) is 0.845. The van der Waals surface area contributed by atoms with E-state index in [0.29, 0.717) is 23.7 Å². The molecule has 0 radical (unpaired) electrons. The molecule has 0 aliphatic rings. The average molecular weight is 257 g/mol. The molecule has 0 amide bonds. The molecule has 0 spiro atoms. The van der Waals surface area contributed by atoms with E-state index in [1.54, 1.807) is 18.2 Å². The summed E-state index contributed by atoms with van der Waals surface area (Å²) in [6.07, 6.45) is 0.702. The molecule has 0 saturated heterocycles. The van der Waals surface area contributed by atoms with Crippen LogP contribution in [0, 0.1) is 17.1 Å². The third-order valence-corrected chi connectivity index (χ3v) is 2.49. The number of rotatable bonds is 4. The summed E-state index contributed by atoms with van der Waals surface area (Å²) in [5.41, 5.74) is 1.36. The van der Waals surface area contributed by atoms with Gasteiger partial charge in [-0.25, -0.2) is 9.37 Å². The van der Waals surface area contributed by atoms with E-state index in [2.05, 4.69) is 9.97 Å². The van der Waals surface area contributed by atoms with Gasteiger partial charge in [0, 0.05) is 17.3 Å². The highest BCUT2D eigenvalue weighted by molar-refractivity contribution is 5.55. The van der Waals surface area contributed by atoms with Crippen molar-refractivity contribution in [3.05, 3.63) is 41.8 Å². The number of aryl methyl sites for hydroxylation is 1. The Morgan fingerprint density at radius 3 is 2.84 bits per heavy atom. The molecule has 19 heavy (non-hydrogen) atoms. The predicted molar refractivity (Wildman–Crippen MR) is 67.9 cm³/mol. The molecule has 0 saturated carbocycles. The number of hydrogen-bond donors (Lipinski definition) is 0. The largest absolute Gasteiger partial charge is 0.462 e. The van der Waals surface area contributed by atoms with Crippen molar-refractivity contribution in [3.63, 3.8) is 0 Å². The van der Waals surface area contributed by atoms with Gasteiger partial charge in [0.2, 0.25) is 5.88 Å². The molecule has 2 aromatic rings. The SMILES string of the molecule is CCc1cc(OCC#N)nc(-c2cccc(F)c2)n1. The summed E-state index contributed by atoms with van der Waals surface area (Å²) >= 11 is 0. The molecule has 0 unspecified atom stereocenters. The molecule has 0 aliphatic heterocycles. The number of aromatic nitrogens is 2. The Hall–Kier alpha value is -2.48. The number of nitriles is 1. The van der Waals surface area contributed by atoms with Crippen LogP contribution in [-0.2, 0) is 6.42 Å². The Morgan fingerprint density at radius 1 is 1.32 bits per heavy atom. The van der Waals surface area contributed by atoms with Crippen LogP contribution >= 0.6 is 0 Å². The minimum Gasteiger partial charge on any atom is -0.462 e. The second-order valence-corrected chi connectivity index (χ2v) is 3.83. The van der Waals surface area contributed by atoms with E-state index in [1.807, 2.05) is 13.0 Å². The highest BCUT2D eigenvalue weighted by Crippen LogP contribution is 2.20. The molecule has 0 aliphatic carbocycles. The number of benzene rings is 1.